The van der Waals surface area contributed by atoms with Crippen LogP contribution in [-0.2, 0) is 9.59 Å². The van der Waals surface area contributed by atoms with E-state index < -0.39 is 0 Å². The molecule has 0 radical (unpaired) electrons. The van der Waals surface area contributed by atoms with Crippen LogP contribution in [0.1, 0.15) is 6.92 Å². The topological polar surface area (TPSA) is 80.6 Å². The van der Waals surface area contributed by atoms with Crippen LogP contribution in [0.15, 0.2) is 59.8 Å². The molecular formula is C23H25N5O3S. The molecule has 4 rings (SSSR count). The van der Waals surface area contributed by atoms with E-state index in [0.29, 0.717) is 42.9 Å². The van der Waals surface area contributed by atoms with E-state index in [1.807, 2.05) is 59.2 Å². The van der Waals surface area contributed by atoms with Gasteiger partial charge in [0.25, 0.3) is 0 Å². The van der Waals surface area contributed by atoms with Crippen LogP contribution < -0.4 is 4.74 Å². The summed E-state index contributed by atoms with van der Waals surface area (Å²) in [6.07, 6.45) is 0. The van der Waals surface area contributed by atoms with Crippen molar-refractivity contribution in [2.75, 3.05) is 39.0 Å². The van der Waals surface area contributed by atoms with Gasteiger partial charge in [0, 0.05) is 38.8 Å². The molecular weight excluding hydrogens is 426 g/mol. The number of thioether (sulfide) groups is 1. The number of nitrogens with zero attached hydrogens (tertiary/aromatic N) is 5. The average molecular weight is 452 g/mol. The van der Waals surface area contributed by atoms with Crippen LogP contribution in [0.3, 0.4) is 0 Å². The van der Waals surface area contributed by atoms with E-state index >= 15 is 0 Å². The van der Waals surface area contributed by atoms with Gasteiger partial charge in [0.05, 0.1) is 18.4 Å². The zero-order valence-corrected chi connectivity index (χ0v) is 18.9. The third-order valence-electron chi connectivity index (χ3n) is 5.40. The lowest BCUT2D eigenvalue weighted by Gasteiger charge is -2.34. The van der Waals surface area contributed by atoms with Crippen molar-refractivity contribution in [3.63, 3.8) is 0 Å². The maximum atomic E-state index is 12.8. The van der Waals surface area contributed by atoms with Crippen LogP contribution in [0.5, 0.6) is 5.75 Å². The molecule has 2 amide bonds. The number of hydrogen-bond donors (Lipinski definition) is 0. The van der Waals surface area contributed by atoms with Crippen molar-refractivity contribution in [2.24, 2.45) is 0 Å². The number of hydrogen-bond acceptors (Lipinski definition) is 6. The second-order valence-electron chi connectivity index (χ2n) is 7.35. The highest BCUT2D eigenvalue weighted by Crippen LogP contribution is 2.33. The van der Waals surface area contributed by atoms with E-state index in [1.54, 1.807) is 23.8 Å². The largest absolute Gasteiger partial charge is 0.496 e. The molecule has 0 aliphatic carbocycles. The number of rotatable bonds is 6. The molecule has 0 atom stereocenters. The Morgan fingerprint density at radius 3 is 2.28 bits per heavy atom. The third kappa shape index (κ3) is 4.62. The first-order valence-electron chi connectivity index (χ1n) is 10.4. The van der Waals surface area contributed by atoms with Gasteiger partial charge in [-0.15, -0.1) is 10.2 Å². The van der Waals surface area contributed by atoms with Gasteiger partial charge in [0.2, 0.25) is 11.8 Å². The highest BCUT2D eigenvalue weighted by atomic mass is 32.2. The standard InChI is InChI=1S/C23H25N5O3S/c1-17(29)26-12-14-27(15-13-26)21(30)16-32-23-25-24-22(19-10-6-7-11-20(19)31-2)28(23)18-8-4-3-5-9-18/h3-11H,12-16H2,1-2H3. The lowest BCUT2D eigenvalue weighted by atomic mass is 10.2. The van der Waals surface area contributed by atoms with Gasteiger partial charge < -0.3 is 14.5 Å². The maximum Gasteiger partial charge on any atom is 0.233 e. The lowest BCUT2D eigenvalue weighted by Crippen LogP contribution is -2.50. The Kier molecular flexibility index (Phi) is 6.75. The number of piperazine rings is 1. The molecule has 1 saturated heterocycles. The molecule has 8 nitrogen and oxygen atoms in total. The van der Waals surface area contributed by atoms with E-state index in [0.717, 1.165) is 11.3 Å². The normalized spacial score (nSPS) is 13.8. The van der Waals surface area contributed by atoms with Crippen LogP contribution in [0.4, 0.5) is 0 Å². The van der Waals surface area contributed by atoms with Crippen molar-refractivity contribution in [3.8, 4) is 22.8 Å². The molecule has 166 valence electrons. The van der Waals surface area contributed by atoms with Crippen LogP contribution in [0.2, 0.25) is 0 Å². The Hall–Kier alpha value is -3.33. The maximum absolute atomic E-state index is 12.8. The number of carbonyl (C=O) groups is 2. The molecule has 2 heterocycles. The Labute approximate surface area is 191 Å². The Bertz CT molecular complexity index is 1090. The second kappa shape index (κ2) is 9.86. The molecule has 3 aromatic rings. The highest BCUT2D eigenvalue weighted by molar-refractivity contribution is 7.99. The minimum Gasteiger partial charge on any atom is -0.496 e. The molecule has 9 heteroatoms. The smallest absolute Gasteiger partial charge is 0.233 e. The first-order chi connectivity index (χ1) is 15.6. The predicted octanol–water partition coefficient (Wildman–Crippen LogP) is 2.73. The number of benzene rings is 2. The first-order valence-corrected chi connectivity index (χ1v) is 11.4. The van der Waals surface area contributed by atoms with Crippen molar-refractivity contribution in [2.45, 2.75) is 12.1 Å². The summed E-state index contributed by atoms with van der Waals surface area (Å²) in [6, 6.07) is 17.5. The second-order valence-corrected chi connectivity index (χ2v) is 8.30. The van der Waals surface area contributed by atoms with Crippen LogP contribution in [0, 0.1) is 0 Å². The van der Waals surface area contributed by atoms with Gasteiger partial charge in [-0.2, -0.15) is 0 Å². The molecule has 32 heavy (non-hydrogen) atoms. The van der Waals surface area contributed by atoms with Crippen molar-refractivity contribution < 1.29 is 14.3 Å². The summed E-state index contributed by atoms with van der Waals surface area (Å²) in [6.45, 7) is 3.81. The Morgan fingerprint density at radius 2 is 1.59 bits per heavy atom. The number of para-hydroxylation sites is 2. The van der Waals surface area contributed by atoms with E-state index in [1.165, 1.54) is 11.8 Å². The fourth-order valence-electron chi connectivity index (χ4n) is 3.67. The van der Waals surface area contributed by atoms with Crippen LogP contribution in [-0.4, -0.2) is 75.4 Å². The van der Waals surface area contributed by atoms with Gasteiger partial charge in [-0.05, 0) is 24.3 Å². The van der Waals surface area contributed by atoms with Gasteiger partial charge >= 0.3 is 0 Å². The van der Waals surface area contributed by atoms with Gasteiger partial charge in [0.15, 0.2) is 11.0 Å². The number of methoxy groups -OCH3 is 1. The monoisotopic (exact) mass is 451 g/mol. The van der Waals surface area contributed by atoms with Crippen LogP contribution >= 0.6 is 11.8 Å². The van der Waals surface area contributed by atoms with E-state index in [-0.39, 0.29) is 17.6 Å². The summed E-state index contributed by atoms with van der Waals surface area (Å²) >= 11 is 1.36. The predicted molar refractivity (Wildman–Crippen MR) is 123 cm³/mol. The summed E-state index contributed by atoms with van der Waals surface area (Å²) in [5.74, 6) is 1.68. The molecule has 0 N–H and O–H groups in total. The van der Waals surface area contributed by atoms with Gasteiger partial charge in [-0.3, -0.25) is 14.2 Å². The van der Waals surface area contributed by atoms with Crippen molar-refractivity contribution in [1.29, 1.82) is 0 Å². The highest BCUT2D eigenvalue weighted by Gasteiger charge is 2.24. The lowest BCUT2D eigenvalue weighted by molar-refractivity contribution is -0.136. The summed E-state index contributed by atoms with van der Waals surface area (Å²) in [7, 11) is 1.63. The van der Waals surface area contributed by atoms with Gasteiger partial charge in [-0.1, -0.05) is 42.1 Å². The Morgan fingerprint density at radius 1 is 0.938 bits per heavy atom. The number of ether oxygens (including phenoxy) is 1. The zero-order valence-electron chi connectivity index (χ0n) is 18.1. The van der Waals surface area contributed by atoms with E-state index in [9.17, 15) is 9.59 Å². The minimum absolute atomic E-state index is 0.0275. The molecule has 0 unspecified atom stereocenters. The van der Waals surface area contributed by atoms with Crippen molar-refractivity contribution in [1.82, 2.24) is 24.6 Å². The van der Waals surface area contributed by atoms with Crippen LogP contribution in [0.25, 0.3) is 17.1 Å². The average Bonchev–Trinajstić information content (AvgIpc) is 3.26. The number of aromatic nitrogens is 3. The third-order valence-corrected chi connectivity index (χ3v) is 6.31. The molecule has 2 aromatic carbocycles. The molecule has 1 aromatic heterocycles. The fourth-order valence-corrected chi connectivity index (χ4v) is 4.52. The SMILES string of the molecule is COc1ccccc1-c1nnc(SCC(=O)N2CCN(C(C)=O)CC2)n1-c1ccccc1. The first kappa shape index (κ1) is 21.9. The van der Waals surface area contributed by atoms with Gasteiger partial charge in [0.1, 0.15) is 5.75 Å². The van der Waals surface area contributed by atoms with Gasteiger partial charge in [-0.25, -0.2) is 0 Å². The van der Waals surface area contributed by atoms with Crippen molar-refractivity contribution >= 4 is 23.6 Å². The number of amides is 2. The quantitative estimate of drug-likeness (QED) is 0.536. The molecule has 1 fully saturated rings. The minimum atomic E-state index is 0.0275. The fraction of sp³-hybridized carbons (Fsp3) is 0.304. The van der Waals surface area contributed by atoms with E-state index in [2.05, 4.69) is 10.2 Å². The summed E-state index contributed by atoms with van der Waals surface area (Å²) < 4.78 is 7.47. The summed E-state index contributed by atoms with van der Waals surface area (Å²) in [5, 5.41) is 9.46. The number of carbonyl (C=O) groups excluding carboxylic acids is 2. The zero-order chi connectivity index (χ0) is 22.5. The molecule has 0 spiro atoms. The molecule has 1 aliphatic heterocycles. The molecule has 0 bridgehead atoms. The summed E-state index contributed by atoms with van der Waals surface area (Å²) in [5.41, 5.74) is 1.73. The molecule has 0 saturated carbocycles. The molecule has 1 aliphatic rings. The van der Waals surface area contributed by atoms with Crippen molar-refractivity contribution in [3.05, 3.63) is 54.6 Å². The van der Waals surface area contributed by atoms with E-state index in [4.69, 9.17) is 4.74 Å². The summed E-state index contributed by atoms with van der Waals surface area (Å²) in [4.78, 5) is 27.9. The Balaban J connectivity index is 1.56.